The second-order valence-electron chi connectivity index (χ2n) is 6.83. The van der Waals surface area contributed by atoms with Gasteiger partial charge in [-0.2, -0.15) is 0 Å². The Balaban J connectivity index is 1.97. The van der Waals surface area contributed by atoms with Crippen LogP contribution in [0, 0.1) is 11.3 Å². The quantitative estimate of drug-likeness (QED) is 0.527. The van der Waals surface area contributed by atoms with Crippen LogP contribution < -0.4 is 10.5 Å². The monoisotopic (exact) mass is 344 g/mol. The summed E-state index contributed by atoms with van der Waals surface area (Å²) in [5.74, 6) is 0.287. The smallest absolute Gasteiger partial charge is 0.310 e. The number of carboxylic acids is 1. The van der Waals surface area contributed by atoms with Crippen molar-refractivity contribution in [1.82, 2.24) is 9.97 Å². The molecule has 25 heavy (non-hydrogen) atoms. The lowest BCUT2D eigenvalue weighted by Gasteiger charge is -2.26. The molecular formula is C18H24N4O3. The van der Waals surface area contributed by atoms with Gasteiger partial charge >= 0.3 is 5.97 Å². The largest absolute Gasteiger partial charge is 0.493 e. The first-order valence-electron chi connectivity index (χ1n) is 8.01. The van der Waals surface area contributed by atoms with Crippen LogP contribution in [-0.2, 0) is 11.3 Å². The molecule has 0 aliphatic carbocycles. The second-order valence-corrected chi connectivity index (χ2v) is 6.83. The number of amidine groups is 1. The third kappa shape index (κ3) is 5.34. The topological polar surface area (TPSA) is 114 Å². The van der Waals surface area contributed by atoms with Crippen molar-refractivity contribution in [1.29, 1.82) is 0 Å². The minimum atomic E-state index is -0.863. The number of H-pyrrole nitrogens is 1. The Hall–Kier alpha value is -2.83. The molecule has 1 heterocycles. The molecule has 0 saturated carbocycles. The number of nitrogens with zero attached hydrogens (tertiary/aromatic N) is 2. The predicted molar refractivity (Wildman–Crippen MR) is 95.5 cm³/mol. The Morgan fingerprint density at radius 3 is 2.56 bits per heavy atom. The van der Waals surface area contributed by atoms with Crippen LogP contribution in [0.5, 0.6) is 5.75 Å². The maximum absolute atomic E-state index is 11.4. The lowest BCUT2D eigenvalue weighted by molar-refractivity contribution is -0.146. The van der Waals surface area contributed by atoms with E-state index in [4.69, 9.17) is 10.5 Å². The van der Waals surface area contributed by atoms with Crippen molar-refractivity contribution in [2.24, 2.45) is 22.1 Å². The number of ether oxygens (including phenoxy) is 1. The number of hydrogen-bond donors (Lipinski definition) is 3. The molecule has 0 spiro atoms. The minimum absolute atomic E-state index is 0.111. The predicted octanol–water partition coefficient (Wildman–Crippen LogP) is 2.44. The van der Waals surface area contributed by atoms with Crippen molar-refractivity contribution in [2.45, 2.75) is 27.3 Å². The van der Waals surface area contributed by atoms with Crippen LogP contribution in [0.1, 0.15) is 32.2 Å². The number of rotatable bonds is 7. The zero-order chi connectivity index (χ0) is 18.4. The molecule has 134 valence electrons. The molecular weight excluding hydrogens is 320 g/mol. The number of hydrogen-bond acceptors (Lipinski definition) is 4. The zero-order valence-corrected chi connectivity index (χ0v) is 14.7. The maximum atomic E-state index is 11.4. The lowest BCUT2D eigenvalue weighted by atomic mass is 9.81. The van der Waals surface area contributed by atoms with E-state index in [0.717, 1.165) is 11.4 Å². The Morgan fingerprint density at radius 2 is 2.04 bits per heavy atom. The van der Waals surface area contributed by atoms with Gasteiger partial charge in [0, 0.05) is 18.0 Å². The van der Waals surface area contributed by atoms with E-state index in [1.54, 1.807) is 36.7 Å². The van der Waals surface area contributed by atoms with E-state index in [1.165, 1.54) is 0 Å². The van der Waals surface area contributed by atoms with Crippen LogP contribution in [0.15, 0.2) is 41.7 Å². The van der Waals surface area contributed by atoms with Crippen LogP contribution >= 0.6 is 0 Å². The molecule has 1 atom stereocenters. The fourth-order valence-electron chi connectivity index (χ4n) is 2.23. The molecule has 0 amide bonds. The van der Waals surface area contributed by atoms with Gasteiger partial charge in [-0.1, -0.05) is 20.8 Å². The molecule has 2 aromatic rings. The van der Waals surface area contributed by atoms with Gasteiger partial charge in [-0.05, 0) is 29.7 Å². The number of carboxylic acid groups (broad SMARTS) is 1. The molecule has 1 aromatic heterocycles. The van der Waals surface area contributed by atoms with Crippen LogP contribution in [0.4, 0.5) is 0 Å². The summed E-state index contributed by atoms with van der Waals surface area (Å²) in [4.78, 5) is 22.7. The van der Waals surface area contributed by atoms with Gasteiger partial charge in [0.25, 0.3) is 0 Å². The first-order chi connectivity index (χ1) is 11.8. The van der Waals surface area contributed by atoms with E-state index in [9.17, 15) is 9.90 Å². The van der Waals surface area contributed by atoms with Crippen LogP contribution in [-0.4, -0.2) is 33.5 Å². The lowest BCUT2D eigenvalue weighted by Crippen LogP contribution is -2.33. The van der Waals surface area contributed by atoms with Crippen LogP contribution in [0.3, 0.4) is 0 Å². The number of aromatic amines is 1. The van der Waals surface area contributed by atoms with Gasteiger partial charge in [0.1, 0.15) is 24.0 Å². The van der Waals surface area contributed by atoms with E-state index in [0.29, 0.717) is 18.1 Å². The summed E-state index contributed by atoms with van der Waals surface area (Å²) >= 11 is 0. The normalized spacial score (nSPS) is 13.5. The summed E-state index contributed by atoms with van der Waals surface area (Å²) < 4.78 is 5.63. The molecule has 0 bridgehead atoms. The molecule has 2 rings (SSSR count). The number of carbonyl (C=O) groups is 1. The first kappa shape index (κ1) is 18.5. The highest BCUT2D eigenvalue weighted by atomic mass is 16.5. The average Bonchev–Trinajstić information content (AvgIpc) is 3.05. The SMILES string of the molecule is CC(C)(C)[C@@H](COc1ccc(C(N)=NCc2ncc[nH]2)cc1)C(=O)O. The zero-order valence-electron chi connectivity index (χ0n) is 14.7. The first-order valence-corrected chi connectivity index (χ1v) is 8.01. The van der Waals surface area contributed by atoms with E-state index in [1.807, 2.05) is 20.8 Å². The molecule has 0 fully saturated rings. The number of aromatic nitrogens is 2. The maximum Gasteiger partial charge on any atom is 0.310 e. The van der Waals surface area contributed by atoms with Crippen molar-refractivity contribution in [3.63, 3.8) is 0 Å². The molecule has 0 unspecified atom stereocenters. The number of benzene rings is 1. The number of nitrogens with one attached hydrogen (secondary N) is 1. The highest BCUT2D eigenvalue weighted by Crippen LogP contribution is 2.27. The summed E-state index contributed by atoms with van der Waals surface area (Å²) in [6.07, 6.45) is 3.39. The highest BCUT2D eigenvalue weighted by molar-refractivity contribution is 5.97. The van der Waals surface area contributed by atoms with E-state index in [2.05, 4.69) is 15.0 Å². The summed E-state index contributed by atoms with van der Waals surface area (Å²) in [7, 11) is 0. The van der Waals surface area contributed by atoms with Gasteiger partial charge in [0.05, 0.1) is 12.5 Å². The van der Waals surface area contributed by atoms with Crippen molar-refractivity contribution in [3.8, 4) is 5.75 Å². The van der Waals surface area contributed by atoms with Crippen molar-refractivity contribution in [2.75, 3.05) is 6.61 Å². The van der Waals surface area contributed by atoms with Crippen LogP contribution in [0.25, 0.3) is 0 Å². The fraction of sp³-hybridized carbons (Fsp3) is 0.389. The minimum Gasteiger partial charge on any atom is -0.493 e. The standard InChI is InChI=1S/C18H24N4O3/c1-18(2,3)14(17(23)24)11-25-13-6-4-12(5-7-13)16(19)22-10-15-20-8-9-21-15/h4-9,14H,10-11H2,1-3H3,(H2,19,22)(H,20,21)(H,23,24)/t14-/m0/s1. The van der Waals surface area contributed by atoms with Gasteiger partial charge in [0.15, 0.2) is 0 Å². The number of imidazole rings is 1. The van der Waals surface area contributed by atoms with E-state index in [-0.39, 0.29) is 12.0 Å². The summed E-state index contributed by atoms with van der Waals surface area (Å²) in [5.41, 5.74) is 6.36. The fourth-order valence-corrected chi connectivity index (χ4v) is 2.23. The Labute approximate surface area is 147 Å². The summed E-state index contributed by atoms with van der Waals surface area (Å²) in [6, 6.07) is 7.10. The Morgan fingerprint density at radius 1 is 1.36 bits per heavy atom. The summed E-state index contributed by atoms with van der Waals surface area (Å²) in [5, 5.41) is 9.32. The molecule has 0 radical (unpaired) electrons. The van der Waals surface area contributed by atoms with Gasteiger partial charge in [-0.3, -0.25) is 9.79 Å². The number of aliphatic imine (C=N–C) groups is 1. The average molecular weight is 344 g/mol. The highest BCUT2D eigenvalue weighted by Gasteiger charge is 2.31. The molecule has 7 heteroatoms. The second kappa shape index (κ2) is 7.83. The van der Waals surface area contributed by atoms with Gasteiger partial charge in [0.2, 0.25) is 0 Å². The van der Waals surface area contributed by atoms with Crippen molar-refractivity contribution < 1.29 is 14.6 Å². The van der Waals surface area contributed by atoms with Crippen molar-refractivity contribution in [3.05, 3.63) is 48.0 Å². The third-order valence-corrected chi connectivity index (χ3v) is 3.86. The third-order valence-electron chi connectivity index (χ3n) is 3.86. The van der Waals surface area contributed by atoms with Gasteiger partial charge < -0.3 is 20.6 Å². The van der Waals surface area contributed by atoms with Crippen LogP contribution in [0.2, 0.25) is 0 Å². The Bertz CT molecular complexity index is 716. The Kier molecular flexibility index (Phi) is 5.80. The van der Waals surface area contributed by atoms with Gasteiger partial charge in [-0.15, -0.1) is 0 Å². The summed E-state index contributed by atoms with van der Waals surface area (Å²) in [6.45, 7) is 6.14. The number of aliphatic carboxylic acids is 1. The molecule has 1 aromatic carbocycles. The van der Waals surface area contributed by atoms with E-state index >= 15 is 0 Å². The van der Waals surface area contributed by atoms with Crippen molar-refractivity contribution >= 4 is 11.8 Å². The molecule has 0 aliphatic heterocycles. The molecule has 0 aliphatic rings. The van der Waals surface area contributed by atoms with Gasteiger partial charge in [-0.25, -0.2) is 4.98 Å². The van der Waals surface area contributed by atoms with E-state index < -0.39 is 11.9 Å². The number of nitrogens with two attached hydrogens (primary N) is 1. The molecule has 4 N–H and O–H groups in total. The molecule has 7 nitrogen and oxygen atoms in total. The molecule has 0 saturated heterocycles.